The van der Waals surface area contributed by atoms with Crippen LogP contribution in [0.3, 0.4) is 0 Å². The van der Waals surface area contributed by atoms with Gasteiger partial charge < -0.3 is 4.90 Å². The van der Waals surface area contributed by atoms with Gasteiger partial charge in [0.1, 0.15) is 0 Å². The molecule has 0 rings (SSSR count). The van der Waals surface area contributed by atoms with Crippen molar-refractivity contribution >= 4 is 15.9 Å². The van der Waals surface area contributed by atoms with Gasteiger partial charge in [-0.05, 0) is 42.5 Å². The van der Waals surface area contributed by atoms with Gasteiger partial charge in [0.05, 0.1) is 4.48 Å². The van der Waals surface area contributed by atoms with E-state index in [1.807, 2.05) is 20.2 Å². The van der Waals surface area contributed by atoms with E-state index >= 15 is 0 Å². The Morgan fingerprint density at radius 2 is 2.27 bits per heavy atom. The molecule has 0 bridgehead atoms. The molecule has 11 heavy (non-hydrogen) atoms. The van der Waals surface area contributed by atoms with Gasteiger partial charge in [0.25, 0.3) is 0 Å². The van der Waals surface area contributed by atoms with E-state index in [1.165, 1.54) is 0 Å². The minimum atomic E-state index is 0.431. The summed E-state index contributed by atoms with van der Waals surface area (Å²) in [6.45, 7) is 2.14. The van der Waals surface area contributed by atoms with Crippen molar-refractivity contribution in [3.05, 3.63) is 10.6 Å². The van der Waals surface area contributed by atoms with Gasteiger partial charge in [-0.1, -0.05) is 12.8 Å². The second-order valence-electron chi connectivity index (χ2n) is 2.60. The van der Waals surface area contributed by atoms with E-state index in [2.05, 4.69) is 33.7 Å². The molecule has 0 aliphatic heterocycles. The summed E-state index contributed by atoms with van der Waals surface area (Å²) >= 11 is 3.28. The highest BCUT2D eigenvalue weighted by Crippen LogP contribution is 2.09. The number of allylic oxidation sites excluding steroid dienone is 1. The van der Waals surface area contributed by atoms with Crippen LogP contribution in [0.1, 0.15) is 13.3 Å². The molecule has 0 heterocycles. The average Bonchev–Trinajstić information content (AvgIpc) is 1.99. The van der Waals surface area contributed by atoms with Crippen LogP contribution in [0, 0.1) is 12.3 Å². The number of nitrogens with zero attached hydrogens (tertiary/aromatic N) is 1. The van der Waals surface area contributed by atoms with Crippen LogP contribution in [-0.4, -0.2) is 25.0 Å². The van der Waals surface area contributed by atoms with Crippen molar-refractivity contribution in [2.24, 2.45) is 0 Å². The van der Waals surface area contributed by atoms with Gasteiger partial charge in [0.15, 0.2) is 0 Å². The first kappa shape index (κ1) is 10.7. The molecule has 0 N–H and O–H groups in total. The van der Waals surface area contributed by atoms with Crippen LogP contribution in [0.25, 0.3) is 0 Å². The normalized spacial score (nSPS) is 14.7. The summed E-state index contributed by atoms with van der Waals surface area (Å²) in [5.41, 5.74) is 0. The molecule has 62 valence electrons. The lowest BCUT2D eigenvalue weighted by molar-refractivity contribution is 0.336. The second kappa shape index (κ2) is 5.40. The summed E-state index contributed by atoms with van der Waals surface area (Å²) in [5.74, 6) is 2.54. The fourth-order valence-electron chi connectivity index (χ4n) is 0.849. The molecular weight excluding hydrogens is 202 g/mol. The average molecular weight is 216 g/mol. The molecule has 0 saturated carbocycles. The smallest absolute Gasteiger partial charge is 0.0647 e. The van der Waals surface area contributed by atoms with E-state index in [1.54, 1.807) is 0 Å². The van der Waals surface area contributed by atoms with Gasteiger partial charge in [-0.25, -0.2) is 0 Å². The Morgan fingerprint density at radius 3 is 2.55 bits per heavy atom. The molecule has 0 aromatic rings. The van der Waals surface area contributed by atoms with Gasteiger partial charge >= 0.3 is 0 Å². The summed E-state index contributed by atoms with van der Waals surface area (Å²) in [6.07, 6.45) is 8.31. The Balaban J connectivity index is 4.20. The monoisotopic (exact) mass is 215 g/mol. The Hall–Kier alpha value is -0.260. The molecule has 0 aromatic heterocycles. The molecule has 0 aliphatic carbocycles. The second-order valence-corrected chi connectivity index (χ2v) is 3.45. The first-order chi connectivity index (χ1) is 5.11. The van der Waals surface area contributed by atoms with E-state index in [-0.39, 0.29) is 0 Å². The largest absolute Gasteiger partial charge is 0.303 e. The van der Waals surface area contributed by atoms with Crippen LogP contribution in [0.2, 0.25) is 0 Å². The molecule has 0 aliphatic rings. The maximum absolute atomic E-state index is 5.19. The van der Waals surface area contributed by atoms with Gasteiger partial charge in [0, 0.05) is 6.04 Å². The SMILES string of the molecule is C#CC(Br)=CC(CC)N(C)C. The first-order valence-corrected chi connectivity index (χ1v) is 4.41. The molecule has 1 nitrogen and oxygen atoms in total. The summed E-state index contributed by atoms with van der Waals surface area (Å²) in [6, 6.07) is 0.431. The Bertz CT molecular complexity index is 176. The molecule has 1 unspecified atom stereocenters. The summed E-state index contributed by atoms with van der Waals surface area (Å²) in [5, 5.41) is 0. The number of hydrogen-bond acceptors (Lipinski definition) is 1. The predicted molar refractivity (Wildman–Crippen MR) is 53.6 cm³/mol. The molecule has 0 saturated heterocycles. The van der Waals surface area contributed by atoms with Crippen molar-refractivity contribution in [3.63, 3.8) is 0 Å². The van der Waals surface area contributed by atoms with Crippen LogP contribution in [0.5, 0.6) is 0 Å². The van der Waals surface area contributed by atoms with E-state index in [4.69, 9.17) is 6.42 Å². The zero-order valence-electron chi connectivity index (χ0n) is 7.26. The Kier molecular flexibility index (Phi) is 5.27. The molecule has 0 radical (unpaired) electrons. The number of terminal acetylenes is 1. The summed E-state index contributed by atoms with van der Waals surface area (Å²) in [7, 11) is 4.09. The van der Waals surface area contributed by atoms with Crippen molar-refractivity contribution in [2.45, 2.75) is 19.4 Å². The van der Waals surface area contributed by atoms with E-state index in [0.717, 1.165) is 10.9 Å². The van der Waals surface area contributed by atoms with Crippen molar-refractivity contribution in [1.82, 2.24) is 4.90 Å². The summed E-state index contributed by atoms with van der Waals surface area (Å²) in [4.78, 5) is 2.14. The van der Waals surface area contributed by atoms with Crippen LogP contribution in [-0.2, 0) is 0 Å². The minimum Gasteiger partial charge on any atom is -0.303 e. The molecule has 0 fully saturated rings. The lowest BCUT2D eigenvalue weighted by Crippen LogP contribution is -2.24. The first-order valence-electron chi connectivity index (χ1n) is 3.62. The number of halogens is 1. The number of hydrogen-bond donors (Lipinski definition) is 0. The maximum atomic E-state index is 5.19. The van der Waals surface area contributed by atoms with Crippen LogP contribution in [0.4, 0.5) is 0 Å². The topological polar surface area (TPSA) is 3.24 Å². The fraction of sp³-hybridized carbons (Fsp3) is 0.556. The third-order valence-electron chi connectivity index (χ3n) is 1.56. The summed E-state index contributed by atoms with van der Waals surface area (Å²) < 4.78 is 0.832. The van der Waals surface area contributed by atoms with Gasteiger partial charge in [-0.3, -0.25) is 0 Å². The van der Waals surface area contributed by atoms with Crippen molar-refractivity contribution in [1.29, 1.82) is 0 Å². The molecule has 0 spiro atoms. The van der Waals surface area contributed by atoms with Crippen LogP contribution >= 0.6 is 15.9 Å². The predicted octanol–water partition coefficient (Wildman–Crippen LogP) is 2.24. The zero-order valence-corrected chi connectivity index (χ0v) is 8.85. The highest BCUT2D eigenvalue weighted by molar-refractivity contribution is 9.12. The molecule has 0 amide bonds. The molecule has 0 aromatic carbocycles. The lowest BCUT2D eigenvalue weighted by Gasteiger charge is -2.18. The number of rotatable bonds is 3. The Labute approximate surface area is 77.6 Å². The molecule has 1 atom stereocenters. The minimum absolute atomic E-state index is 0.431. The van der Waals surface area contributed by atoms with Gasteiger partial charge in [-0.2, -0.15) is 0 Å². The van der Waals surface area contributed by atoms with E-state index in [9.17, 15) is 0 Å². The third-order valence-corrected chi connectivity index (χ3v) is 2.05. The van der Waals surface area contributed by atoms with Gasteiger partial charge in [0.2, 0.25) is 0 Å². The molecule has 2 heteroatoms. The van der Waals surface area contributed by atoms with Crippen molar-refractivity contribution in [2.75, 3.05) is 14.1 Å². The maximum Gasteiger partial charge on any atom is 0.0647 e. The van der Waals surface area contributed by atoms with Crippen molar-refractivity contribution in [3.8, 4) is 12.3 Å². The quantitative estimate of drug-likeness (QED) is 0.654. The van der Waals surface area contributed by atoms with Crippen LogP contribution < -0.4 is 0 Å². The van der Waals surface area contributed by atoms with Crippen LogP contribution in [0.15, 0.2) is 10.6 Å². The van der Waals surface area contributed by atoms with E-state index < -0.39 is 0 Å². The van der Waals surface area contributed by atoms with Crippen molar-refractivity contribution < 1.29 is 0 Å². The highest BCUT2D eigenvalue weighted by Gasteiger charge is 2.04. The number of likely N-dealkylation sites (N-methyl/N-ethyl adjacent to an activating group) is 1. The van der Waals surface area contributed by atoms with E-state index in [0.29, 0.717) is 6.04 Å². The lowest BCUT2D eigenvalue weighted by atomic mass is 10.2. The fourth-order valence-corrected chi connectivity index (χ4v) is 1.15. The third kappa shape index (κ3) is 4.23. The highest BCUT2D eigenvalue weighted by atomic mass is 79.9. The van der Waals surface area contributed by atoms with Gasteiger partial charge in [-0.15, -0.1) is 6.42 Å². The molecular formula is C9H14BrN. The standard InChI is InChI=1S/C9H14BrN/c1-5-8(10)7-9(6-2)11(3)4/h1,7,9H,6H2,2-4H3. The zero-order chi connectivity index (χ0) is 8.85. The Morgan fingerprint density at radius 1 is 1.73 bits per heavy atom.